The van der Waals surface area contributed by atoms with Crippen LogP contribution in [0.3, 0.4) is 0 Å². The molecule has 0 radical (unpaired) electrons. The number of aromatic amines is 1. The number of fused-ring (bicyclic) bond motifs is 1. The van der Waals surface area contributed by atoms with E-state index in [1.807, 2.05) is 0 Å². The minimum absolute atomic E-state index is 0. The van der Waals surface area contributed by atoms with E-state index in [0.717, 1.165) is 18.9 Å². The molecule has 1 aromatic carbocycles. The van der Waals surface area contributed by atoms with E-state index in [0.29, 0.717) is 13.1 Å². The summed E-state index contributed by atoms with van der Waals surface area (Å²) in [4.78, 5) is 15.0. The molecule has 120 valence electrons. The van der Waals surface area contributed by atoms with Gasteiger partial charge in [-0.25, -0.2) is 0 Å². The lowest BCUT2D eigenvalue weighted by Crippen LogP contribution is -2.35. The molecule has 4 nitrogen and oxygen atoms in total. The number of para-hydroxylation sites is 1. The molecule has 1 aliphatic carbocycles. The third kappa shape index (κ3) is 4.24. The Bertz CT molecular complexity index is 634. The quantitative estimate of drug-likeness (QED) is 0.734. The molecule has 0 spiro atoms. The van der Waals surface area contributed by atoms with E-state index in [-0.39, 0.29) is 18.3 Å². The number of carbonyl (C=O) groups is 1. The molecular formula is C17H24ClN3O. The van der Waals surface area contributed by atoms with Gasteiger partial charge in [-0.3, -0.25) is 4.79 Å². The SMILES string of the molecule is Cc1cccc2c(CCNC(=O)CNCC3CC3)c[nH]c12.Cl. The third-order valence-corrected chi connectivity index (χ3v) is 4.14. The minimum atomic E-state index is 0. The van der Waals surface area contributed by atoms with E-state index >= 15 is 0 Å². The molecule has 22 heavy (non-hydrogen) atoms. The van der Waals surface area contributed by atoms with E-state index < -0.39 is 0 Å². The van der Waals surface area contributed by atoms with Crippen molar-refractivity contribution in [3.63, 3.8) is 0 Å². The summed E-state index contributed by atoms with van der Waals surface area (Å²) >= 11 is 0. The van der Waals surface area contributed by atoms with Gasteiger partial charge in [-0.2, -0.15) is 0 Å². The van der Waals surface area contributed by atoms with Crippen molar-refractivity contribution in [2.75, 3.05) is 19.6 Å². The maximum atomic E-state index is 11.7. The zero-order valence-electron chi connectivity index (χ0n) is 12.9. The van der Waals surface area contributed by atoms with Crippen LogP contribution in [0, 0.1) is 12.8 Å². The second-order valence-electron chi connectivity index (χ2n) is 5.99. The molecule has 3 N–H and O–H groups in total. The Kier molecular flexibility index (Phi) is 5.86. The second kappa shape index (κ2) is 7.65. The van der Waals surface area contributed by atoms with Crippen LogP contribution in [0.2, 0.25) is 0 Å². The summed E-state index contributed by atoms with van der Waals surface area (Å²) in [5, 5.41) is 7.45. The molecule has 2 aromatic rings. The third-order valence-electron chi connectivity index (χ3n) is 4.14. The number of hydrogen-bond donors (Lipinski definition) is 3. The summed E-state index contributed by atoms with van der Waals surface area (Å²) in [5.74, 6) is 0.902. The lowest BCUT2D eigenvalue weighted by atomic mass is 10.1. The maximum absolute atomic E-state index is 11.7. The lowest BCUT2D eigenvalue weighted by Gasteiger charge is -2.06. The molecule has 0 aliphatic heterocycles. The monoisotopic (exact) mass is 321 g/mol. The van der Waals surface area contributed by atoms with Crippen LogP contribution < -0.4 is 10.6 Å². The minimum Gasteiger partial charge on any atom is -0.361 e. The molecule has 1 aromatic heterocycles. The van der Waals surface area contributed by atoms with Gasteiger partial charge >= 0.3 is 0 Å². The van der Waals surface area contributed by atoms with Crippen molar-refractivity contribution in [2.45, 2.75) is 26.2 Å². The summed E-state index contributed by atoms with van der Waals surface area (Å²) in [7, 11) is 0. The van der Waals surface area contributed by atoms with Crippen LogP contribution in [0.1, 0.15) is 24.0 Å². The van der Waals surface area contributed by atoms with Crippen molar-refractivity contribution < 1.29 is 4.79 Å². The molecule has 1 aliphatic rings. The predicted molar refractivity (Wildman–Crippen MR) is 92.6 cm³/mol. The molecule has 3 rings (SSSR count). The highest BCUT2D eigenvalue weighted by atomic mass is 35.5. The summed E-state index contributed by atoms with van der Waals surface area (Å²) in [6.07, 6.45) is 5.54. The van der Waals surface area contributed by atoms with Crippen LogP contribution in [0.25, 0.3) is 10.9 Å². The highest BCUT2D eigenvalue weighted by molar-refractivity contribution is 5.86. The number of amides is 1. The summed E-state index contributed by atoms with van der Waals surface area (Å²) in [6, 6.07) is 6.32. The fraction of sp³-hybridized carbons (Fsp3) is 0.471. The molecule has 1 saturated carbocycles. The number of aryl methyl sites for hydroxylation is 1. The first kappa shape index (κ1) is 16.8. The zero-order chi connectivity index (χ0) is 14.7. The highest BCUT2D eigenvalue weighted by Gasteiger charge is 2.20. The Balaban J connectivity index is 0.00000176. The van der Waals surface area contributed by atoms with Gasteiger partial charge in [0, 0.05) is 23.6 Å². The average Bonchev–Trinajstić information content (AvgIpc) is 3.19. The lowest BCUT2D eigenvalue weighted by molar-refractivity contribution is -0.120. The normalized spacial score (nSPS) is 13.9. The van der Waals surface area contributed by atoms with Gasteiger partial charge in [0.1, 0.15) is 0 Å². The Labute approximate surface area is 137 Å². The summed E-state index contributed by atoms with van der Waals surface area (Å²) in [5.41, 5.74) is 3.72. The first-order valence-electron chi connectivity index (χ1n) is 7.77. The van der Waals surface area contributed by atoms with E-state index in [4.69, 9.17) is 0 Å². The molecular weight excluding hydrogens is 298 g/mol. The fourth-order valence-corrected chi connectivity index (χ4v) is 2.68. The van der Waals surface area contributed by atoms with Crippen molar-refractivity contribution in [1.82, 2.24) is 15.6 Å². The van der Waals surface area contributed by atoms with Crippen LogP contribution in [0.4, 0.5) is 0 Å². The van der Waals surface area contributed by atoms with Gasteiger partial charge in [0.25, 0.3) is 0 Å². The van der Waals surface area contributed by atoms with Gasteiger partial charge < -0.3 is 15.6 Å². The zero-order valence-corrected chi connectivity index (χ0v) is 13.8. The number of nitrogens with one attached hydrogen (secondary N) is 3. The van der Waals surface area contributed by atoms with Gasteiger partial charge in [-0.15, -0.1) is 12.4 Å². The standard InChI is InChI=1S/C17H23N3O.ClH/c1-12-3-2-4-15-14(10-20-17(12)15)7-8-19-16(21)11-18-9-13-5-6-13;/h2-4,10,13,18,20H,5-9,11H2,1H3,(H,19,21);1H. The van der Waals surface area contributed by atoms with Crippen LogP contribution in [-0.2, 0) is 11.2 Å². The highest BCUT2D eigenvalue weighted by Crippen LogP contribution is 2.27. The molecule has 1 heterocycles. The molecule has 1 amide bonds. The van der Waals surface area contributed by atoms with Crippen LogP contribution >= 0.6 is 12.4 Å². The van der Waals surface area contributed by atoms with Gasteiger partial charge in [0.05, 0.1) is 6.54 Å². The van der Waals surface area contributed by atoms with Crippen LogP contribution in [-0.4, -0.2) is 30.5 Å². The molecule has 0 atom stereocenters. The number of H-pyrrole nitrogens is 1. The van der Waals surface area contributed by atoms with Crippen molar-refractivity contribution in [3.8, 4) is 0 Å². The fourth-order valence-electron chi connectivity index (χ4n) is 2.68. The first-order chi connectivity index (χ1) is 10.2. The van der Waals surface area contributed by atoms with Gasteiger partial charge in [-0.05, 0) is 49.8 Å². The number of rotatable bonds is 7. The molecule has 1 fully saturated rings. The smallest absolute Gasteiger partial charge is 0.233 e. The topological polar surface area (TPSA) is 56.9 Å². The molecule has 0 saturated heterocycles. The van der Waals surface area contributed by atoms with Gasteiger partial charge in [-0.1, -0.05) is 18.2 Å². The number of benzene rings is 1. The Morgan fingerprint density at radius 2 is 2.18 bits per heavy atom. The average molecular weight is 322 g/mol. The maximum Gasteiger partial charge on any atom is 0.233 e. The number of carbonyl (C=O) groups excluding carboxylic acids is 1. The Morgan fingerprint density at radius 3 is 2.95 bits per heavy atom. The number of hydrogen-bond acceptors (Lipinski definition) is 2. The largest absolute Gasteiger partial charge is 0.361 e. The van der Waals surface area contributed by atoms with Crippen molar-refractivity contribution in [2.24, 2.45) is 5.92 Å². The molecule has 0 bridgehead atoms. The van der Waals surface area contributed by atoms with E-state index in [2.05, 4.69) is 46.9 Å². The predicted octanol–water partition coefficient (Wildman–Crippen LogP) is 2.56. The Hall–Kier alpha value is -1.52. The van der Waals surface area contributed by atoms with Crippen molar-refractivity contribution in [3.05, 3.63) is 35.5 Å². The summed E-state index contributed by atoms with van der Waals surface area (Å²) in [6.45, 7) is 4.21. The first-order valence-corrected chi connectivity index (χ1v) is 7.77. The van der Waals surface area contributed by atoms with E-state index in [9.17, 15) is 4.79 Å². The second-order valence-corrected chi connectivity index (χ2v) is 5.99. The number of halogens is 1. The van der Waals surface area contributed by atoms with E-state index in [1.165, 1.54) is 34.9 Å². The van der Waals surface area contributed by atoms with Crippen LogP contribution in [0.15, 0.2) is 24.4 Å². The van der Waals surface area contributed by atoms with E-state index in [1.54, 1.807) is 0 Å². The molecule has 0 unspecified atom stereocenters. The summed E-state index contributed by atoms with van der Waals surface area (Å²) < 4.78 is 0. The molecule has 5 heteroatoms. The number of aromatic nitrogens is 1. The van der Waals surface area contributed by atoms with Crippen LogP contribution in [0.5, 0.6) is 0 Å². The van der Waals surface area contributed by atoms with Crippen molar-refractivity contribution >= 4 is 29.2 Å². The Morgan fingerprint density at radius 1 is 1.36 bits per heavy atom. The van der Waals surface area contributed by atoms with Crippen molar-refractivity contribution in [1.29, 1.82) is 0 Å². The van der Waals surface area contributed by atoms with Gasteiger partial charge in [0.2, 0.25) is 5.91 Å². The van der Waals surface area contributed by atoms with Gasteiger partial charge in [0.15, 0.2) is 0 Å².